The van der Waals surface area contributed by atoms with E-state index in [9.17, 15) is 22.6 Å². The summed E-state index contributed by atoms with van der Waals surface area (Å²) in [6.07, 6.45) is -0.882. The van der Waals surface area contributed by atoms with Gasteiger partial charge in [0.15, 0.2) is 0 Å². The van der Waals surface area contributed by atoms with Crippen LogP contribution in [0.4, 0.5) is 4.79 Å². The molecule has 2 aromatic rings. The minimum atomic E-state index is -4.77. The summed E-state index contributed by atoms with van der Waals surface area (Å²) >= 11 is 1.07. The number of nitrogens with one attached hydrogen (secondary N) is 1. The molecule has 1 aliphatic heterocycles. The normalized spacial score (nSPS) is 18.6. The van der Waals surface area contributed by atoms with E-state index >= 15 is 0 Å². The number of rotatable bonds is 7. The van der Waals surface area contributed by atoms with Crippen molar-refractivity contribution in [2.45, 2.75) is 23.8 Å². The van der Waals surface area contributed by atoms with Crippen molar-refractivity contribution in [3.05, 3.63) is 35.9 Å². The molecule has 2 N–H and O–H groups in total. The third-order valence-corrected chi connectivity index (χ3v) is 5.93. The Bertz CT molecular complexity index is 972. The van der Waals surface area contributed by atoms with Gasteiger partial charge < -0.3 is 10.1 Å². The van der Waals surface area contributed by atoms with Gasteiger partial charge in [-0.25, -0.2) is 13.8 Å². The molecule has 2 heterocycles. The first-order chi connectivity index (χ1) is 13.3. The second-order valence-electron chi connectivity index (χ2n) is 5.76. The average Bonchev–Trinajstić information content (AvgIpc) is 3.05. The number of β-lactam (4-membered cyclic amide) rings is 1. The molecule has 12 nitrogen and oxygen atoms in total. The number of carbonyl (C=O) groups excluding carboxylic acids is 2. The van der Waals surface area contributed by atoms with Crippen molar-refractivity contribution in [3.8, 4) is 0 Å². The van der Waals surface area contributed by atoms with Gasteiger partial charge in [0.1, 0.15) is 12.6 Å². The number of nitrogens with zero attached hydrogens (tertiary/aromatic N) is 5. The Morgan fingerprint density at radius 3 is 2.62 bits per heavy atom. The molecule has 2 unspecified atom stereocenters. The van der Waals surface area contributed by atoms with E-state index in [2.05, 4.69) is 20.8 Å². The standard InChI is InChI=1S/C14H16N6O6S2.Na.H/c1-19-13(16-17-18-19)27-8-10-11(12(21)20(10)28(23,24)25)15-14(22)26-7-9-5-3-2-4-6-9;;/h2-6,10-11H,7-8H2,1H3,(H,15,22)(H,23,24,25);;. The summed E-state index contributed by atoms with van der Waals surface area (Å²) in [5, 5.41) is 13.5. The summed E-state index contributed by atoms with van der Waals surface area (Å²) in [6.45, 7) is -0.0143. The fourth-order valence-electron chi connectivity index (χ4n) is 2.52. The molecule has 2 atom stereocenters. The molecule has 0 aliphatic carbocycles. The van der Waals surface area contributed by atoms with Crippen molar-refractivity contribution in [3.63, 3.8) is 0 Å². The summed E-state index contributed by atoms with van der Waals surface area (Å²) in [6, 6.07) is 6.71. The van der Waals surface area contributed by atoms with Crippen LogP contribution in [0.5, 0.6) is 0 Å². The first-order valence-corrected chi connectivity index (χ1v) is 10.3. The van der Waals surface area contributed by atoms with Gasteiger partial charge in [0.2, 0.25) is 5.16 Å². The molecular weight excluding hydrogens is 435 g/mol. The molecule has 1 saturated heterocycles. The van der Waals surface area contributed by atoms with Crippen molar-refractivity contribution < 1.29 is 27.3 Å². The zero-order valence-electron chi connectivity index (χ0n) is 14.5. The molecule has 3 rings (SSSR count). The quantitative estimate of drug-likeness (QED) is 0.230. The van der Waals surface area contributed by atoms with Crippen molar-refractivity contribution in [1.29, 1.82) is 0 Å². The third kappa shape index (κ3) is 5.67. The monoisotopic (exact) mass is 452 g/mol. The van der Waals surface area contributed by atoms with Crippen LogP contribution < -0.4 is 5.32 Å². The van der Waals surface area contributed by atoms with Gasteiger partial charge in [-0.05, 0) is 16.0 Å². The number of aryl methyl sites for hydroxylation is 1. The number of carbonyl (C=O) groups is 2. The Kier molecular flexibility index (Phi) is 8.02. The number of hydrogen-bond donors (Lipinski definition) is 2. The molecule has 1 fully saturated rings. The van der Waals surface area contributed by atoms with Gasteiger partial charge in [0, 0.05) is 12.8 Å². The SMILES string of the molecule is Cn1nnnc1SCC1C(NC(=O)OCc2ccccc2)C(=O)N1S(=O)(=O)O.[NaH]. The van der Waals surface area contributed by atoms with Crippen LogP contribution in [0.25, 0.3) is 0 Å². The van der Waals surface area contributed by atoms with Crippen LogP contribution >= 0.6 is 11.8 Å². The van der Waals surface area contributed by atoms with E-state index in [1.807, 2.05) is 6.07 Å². The Morgan fingerprint density at radius 1 is 1.34 bits per heavy atom. The van der Waals surface area contributed by atoms with E-state index in [4.69, 9.17) is 4.74 Å². The zero-order chi connectivity index (χ0) is 20.3. The summed E-state index contributed by atoms with van der Waals surface area (Å²) in [7, 11) is -3.18. The third-order valence-electron chi connectivity index (χ3n) is 3.87. The van der Waals surface area contributed by atoms with Crippen LogP contribution in [0.2, 0.25) is 0 Å². The number of alkyl carbamates (subject to hydrolysis) is 1. The molecule has 0 radical (unpaired) electrons. The summed E-state index contributed by atoms with van der Waals surface area (Å²) in [5.41, 5.74) is 0.749. The predicted octanol–water partition coefficient (Wildman–Crippen LogP) is -1.04. The first-order valence-electron chi connectivity index (χ1n) is 7.90. The second-order valence-corrected chi connectivity index (χ2v) is 8.04. The molecule has 1 aromatic carbocycles. The molecule has 1 aromatic heterocycles. The van der Waals surface area contributed by atoms with Crippen molar-refractivity contribution in [2.24, 2.45) is 7.05 Å². The maximum absolute atomic E-state index is 12.1. The molecule has 2 amide bonds. The minimum absolute atomic E-state index is 0. The number of hydrogen-bond acceptors (Lipinski definition) is 9. The Morgan fingerprint density at radius 2 is 2.03 bits per heavy atom. The van der Waals surface area contributed by atoms with Gasteiger partial charge in [-0.3, -0.25) is 9.35 Å². The van der Waals surface area contributed by atoms with Gasteiger partial charge in [-0.2, -0.15) is 8.42 Å². The molecule has 29 heavy (non-hydrogen) atoms. The molecule has 0 bridgehead atoms. The van der Waals surface area contributed by atoms with Crippen LogP contribution in [-0.2, 0) is 33.5 Å². The van der Waals surface area contributed by atoms with E-state index in [1.54, 1.807) is 31.3 Å². The Labute approximate surface area is 192 Å². The van der Waals surface area contributed by atoms with Gasteiger partial charge >= 0.3 is 46.0 Å². The Balaban J connectivity index is 0.00000300. The average molecular weight is 452 g/mol. The van der Waals surface area contributed by atoms with Crippen molar-refractivity contribution in [1.82, 2.24) is 29.8 Å². The number of ether oxygens (including phenoxy) is 1. The molecule has 152 valence electrons. The van der Waals surface area contributed by atoms with E-state index in [0.717, 1.165) is 17.3 Å². The molecule has 0 spiro atoms. The number of tetrazole rings is 1. The van der Waals surface area contributed by atoms with Crippen LogP contribution in [0.3, 0.4) is 0 Å². The van der Waals surface area contributed by atoms with Gasteiger partial charge in [-0.15, -0.1) is 5.10 Å². The molecular formula is C14H17N6NaO6S2. The number of amides is 2. The molecule has 0 saturated carbocycles. The fourth-order valence-corrected chi connectivity index (χ4v) is 4.47. The van der Waals surface area contributed by atoms with Gasteiger partial charge in [0.05, 0.1) is 6.04 Å². The number of aromatic nitrogens is 4. The van der Waals surface area contributed by atoms with E-state index in [0.29, 0.717) is 9.46 Å². The topological polar surface area (TPSA) is 157 Å². The molecule has 1 aliphatic rings. The zero-order valence-corrected chi connectivity index (χ0v) is 16.1. The van der Waals surface area contributed by atoms with Gasteiger partial charge in [-0.1, -0.05) is 42.1 Å². The van der Waals surface area contributed by atoms with Crippen molar-refractivity contribution >= 4 is 63.6 Å². The number of thioether (sulfide) groups is 1. The first kappa shape index (κ1) is 23.6. The fraction of sp³-hybridized carbons (Fsp3) is 0.357. The van der Waals surface area contributed by atoms with Gasteiger partial charge in [0.25, 0.3) is 5.91 Å². The van der Waals surface area contributed by atoms with E-state index < -0.39 is 34.4 Å². The second kappa shape index (κ2) is 9.86. The number of benzene rings is 1. The van der Waals surface area contributed by atoms with Crippen LogP contribution in [0.1, 0.15) is 5.56 Å². The van der Waals surface area contributed by atoms with Crippen molar-refractivity contribution in [2.75, 3.05) is 5.75 Å². The van der Waals surface area contributed by atoms with Crippen LogP contribution in [0, 0.1) is 0 Å². The van der Waals surface area contributed by atoms with E-state index in [1.165, 1.54) is 4.68 Å². The maximum atomic E-state index is 12.1. The summed E-state index contributed by atoms with van der Waals surface area (Å²) in [4.78, 5) is 24.1. The predicted molar refractivity (Wildman–Crippen MR) is 102 cm³/mol. The Hall–Kier alpha value is -1.71. The molecule has 15 heteroatoms. The van der Waals surface area contributed by atoms with Crippen LogP contribution in [0.15, 0.2) is 35.5 Å². The summed E-state index contributed by atoms with van der Waals surface area (Å²) < 4.78 is 38.9. The van der Waals surface area contributed by atoms with E-state index in [-0.39, 0.29) is 41.9 Å². The summed E-state index contributed by atoms with van der Waals surface area (Å²) in [5.74, 6) is -0.940. The van der Waals surface area contributed by atoms with Crippen LogP contribution in [-0.4, -0.2) is 96.9 Å².